The van der Waals surface area contributed by atoms with Crippen LogP contribution >= 0.6 is 11.8 Å². The lowest BCUT2D eigenvalue weighted by Crippen LogP contribution is -2.64. The van der Waals surface area contributed by atoms with Gasteiger partial charge in [-0.15, -0.1) is 11.8 Å². The number of nitrogens with one attached hydrogen (secondary N) is 10. The number of hydrogen-bond acceptors (Lipinski definition) is 20. The van der Waals surface area contributed by atoms with E-state index in [1.165, 1.54) is 46.7 Å². The summed E-state index contributed by atoms with van der Waals surface area (Å²) in [6.45, 7) is 5.26. The number of carbonyl (C=O) groups excluding carboxylic acids is 15. The van der Waals surface area contributed by atoms with E-state index < -0.39 is 211 Å². The van der Waals surface area contributed by atoms with E-state index in [0.717, 1.165) is 62.6 Å². The van der Waals surface area contributed by atoms with Crippen LogP contribution in [0.25, 0.3) is 22.3 Å². The van der Waals surface area contributed by atoms with Crippen molar-refractivity contribution in [3.8, 4) is 22.3 Å². The summed E-state index contributed by atoms with van der Waals surface area (Å²) in [7, 11) is 2.60. The molecule has 8 rings (SSSR count). The first-order chi connectivity index (χ1) is 56.2. The number of likely N-dealkylation sites (N-methyl/N-ethyl adjacent to an activating group) is 2. The Kier molecular flexibility index (Phi) is 33.9. The molecule has 15 atom stereocenters. The number of fused-ring (bicyclic) bond motifs is 2. The van der Waals surface area contributed by atoms with Gasteiger partial charge in [0, 0.05) is 52.2 Å². The minimum absolute atomic E-state index is 0.00864. The third-order valence-corrected chi connectivity index (χ3v) is 22.0. The number of amides is 15. The lowest BCUT2D eigenvalue weighted by Gasteiger charge is -2.34. The number of aliphatic hydroxyl groups excluding tert-OH is 4. The van der Waals surface area contributed by atoms with Crippen molar-refractivity contribution in [2.24, 2.45) is 11.7 Å². The molecule has 15 amide bonds. The van der Waals surface area contributed by atoms with E-state index in [-0.39, 0.29) is 63.8 Å². The van der Waals surface area contributed by atoms with Crippen molar-refractivity contribution in [2.45, 2.75) is 177 Å². The molecule has 3 aliphatic heterocycles. The van der Waals surface area contributed by atoms with Crippen molar-refractivity contribution >= 4 is 100 Å². The Morgan fingerprint density at radius 3 is 1.31 bits per heavy atom. The quantitative estimate of drug-likeness (QED) is 0.0500. The van der Waals surface area contributed by atoms with Crippen molar-refractivity contribution in [1.29, 1.82) is 0 Å². The predicted molar refractivity (Wildman–Crippen MR) is 435 cm³/mol. The number of benzene rings is 5. The Morgan fingerprint density at radius 2 is 0.831 bits per heavy atom. The van der Waals surface area contributed by atoms with E-state index in [1.807, 2.05) is 72.8 Å². The first-order valence-electron chi connectivity index (χ1n) is 39.1. The number of rotatable bonds is 16. The van der Waals surface area contributed by atoms with Crippen LogP contribution in [0.15, 0.2) is 140 Å². The highest BCUT2D eigenvalue weighted by Crippen LogP contribution is 2.26. The van der Waals surface area contributed by atoms with Gasteiger partial charge in [0.15, 0.2) is 0 Å². The predicted octanol–water partition coefficient (Wildman–Crippen LogP) is -2.16. The van der Waals surface area contributed by atoms with Gasteiger partial charge in [-0.2, -0.15) is 0 Å². The Hall–Kier alpha value is -11.7. The topological polar surface area (TPSA) is 496 Å². The van der Waals surface area contributed by atoms with Crippen LogP contribution in [-0.2, 0) is 91.2 Å². The van der Waals surface area contributed by atoms with Gasteiger partial charge in [0.25, 0.3) is 0 Å². The molecule has 0 radical (unpaired) electrons. The minimum atomic E-state index is -1.99. The number of primary amides is 1. The maximum Gasteiger partial charge on any atom is 0.248 e. The molecule has 5 aromatic rings. The molecule has 0 bridgehead atoms. The summed E-state index contributed by atoms with van der Waals surface area (Å²) in [5.74, 6) is -15.8. The number of aliphatic hydroxyl groups is 4. The standard InChI is InChI=1S/C83H107N15O19S/c1-46(2)68-77(111)89-61(42-99)74(108)93-70(50(6)102)79(113)94-69(49(5)101)78(112)88-60(40-53-30-34-57(35-31-53)55-24-16-11-17-25-55)81(115)95(7)47(3)71(105)87-59(39-52-28-32-56(33-29-52)54-22-14-10-15-23-54)82(116)96(8)48(4)80(114)97-36-18-26-64(97)75(109)90-62(43-100)83(117)98-37-19-27-65(98)76(110)91-63(72(106)85-41-66(84)103)44-118-45-67(104)86-58(73(107)92-68)38-51-20-12-9-13-21-51/h9-17,20-25,28-35,46-50,58-65,68-70,99-102H,18-19,26-27,36-45H2,1-8H3,(H2,84,103)(H,85,106)(H,86,104)(H,87,105)(H,88,112)(H,89,111)(H,90,109)(H,91,110)(H,92,107)(H,93,108)(H,94,113)/t47-,48-,49+,50+,58-,59-,60-,61-,62-,63-,64-,65-,68?,69-,70-/m0/s1. The monoisotopic (exact) mass is 1650 g/mol. The second-order valence-corrected chi connectivity index (χ2v) is 31.1. The fourth-order valence-corrected chi connectivity index (χ4v) is 14.8. The Balaban J connectivity index is 1.13. The summed E-state index contributed by atoms with van der Waals surface area (Å²) in [6, 6.07) is 20.9. The highest BCUT2D eigenvalue weighted by Gasteiger charge is 2.45. The lowest BCUT2D eigenvalue weighted by atomic mass is 9.99. The van der Waals surface area contributed by atoms with Crippen molar-refractivity contribution in [2.75, 3.05) is 58.4 Å². The Bertz CT molecular complexity index is 4380. The number of carbonyl (C=O) groups is 15. The fraction of sp³-hybridized carbons (Fsp3) is 0.458. The summed E-state index contributed by atoms with van der Waals surface area (Å²) in [6.07, 6.45) is -3.53. The highest BCUT2D eigenvalue weighted by atomic mass is 32.2. The third-order valence-electron chi connectivity index (χ3n) is 21.0. The van der Waals surface area contributed by atoms with Gasteiger partial charge in [0.2, 0.25) is 88.6 Å². The minimum Gasteiger partial charge on any atom is -0.394 e. The van der Waals surface area contributed by atoms with Crippen LogP contribution in [0.1, 0.15) is 83.9 Å². The molecular formula is C83H107N15O19S. The normalized spacial score (nSPS) is 25.5. The van der Waals surface area contributed by atoms with Gasteiger partial charge >= 0.3 is 0 Å². The molecule has 5 aromatic carbocycles. The van der Waals surface area contributed by atoms with Crippen LogP contribution in [0, 0.1) is 5.92 Å². The van der Waals surface area contributed by atoms with Crippen LogP contribution in [0.2, 0.25) is 0 Å². The number of nitrogens with two attached hydrogens (primary N) is 1. The summed E-state index contributed by atoms with van der Waals surface area (Å²) < 4.78 is 0. The van der Waals surface area contributed by atoms with Gasteiger partial charge in [-0.3, -0.25) is 71.9 Å². The fourth-order valence-electron chi connectivity index (χ4n) is 13.9. The molecule has 34 nitrogen and oxygen atoms in total. The van der Waals surface area contributed by atoms with Crippen molar-refractivity contribution in [1.82, 2.24) is 72.8 Å². The average Bonchev–Trinajstić information content (AvgIpc) is 1.61. The van der Waals surface area contributed by atoms with Crippen LogP contribution in [-0.4, -0.2) is 278 Å². The van der Waals surface area contributed by atoms with Gasteiger partial charge in [-0.1, -0.05) is 153 Å². The second-order valence-electron chi connectivity index (χ2n) is 30.0. The number of hydrogen-bond donors (Lipinski definition) is 15. The van der Waals surface area contributed by atoms with Crippen LogP contribution < -0.4 is 58.9 Å². The first-order valence-corrected chi connectivity index (χ1v) is 40.3. The Morgan fingerprint density at radius 1 is 0.441 bits per heavy atom. The molecule has 0 aliphatic carbocycles. The van der Waals surface area contributed by atoms with E-state index in [1.54, 1.807) is 66.7 Å². The molecule has 3 saturated heterocycles. The third kappa shape index (κ3) is 24.9. The van der Waals surface area contributed by atoms with E-state index in [4.69, 9.17) is 5.73 Å². The summed E-state index contributed by atoms with van der Waals surface area (Å²) in [5.41, 5.74) is 10.3. The van der Waals surface area contributed by atoms with E-state index >= 15 is 9.59 Å². The summed E-state index contributed by atoms with van der Waals surface area (Å²) in [5, 5.41) is 68.9. The molecule has 16 N–H and O–H groups in total. The second kappa shape index (κ2) is 43.5. The van der Waals surface area contributed by atoms with Gasteiger partial charge in [-0.25, -0.2) is 0 Å². The first kappa shape index (κ1) is 91.9. The molecule has 634 valence electrons. The van der Waals surface area contributed by atoms with Crippen molar-refractivity contribution in [3.05, 3.63) is 156 Å². The highest BCUT2D eigenvalue weighted by molar-refractivity contribution is 8.00. The molecule has 1 unspecified atom stereocenters. The van der Waals surface area contributed by atoms with E-state index in [2.05, 4.69) is 53.2 Å². The maximum absolute atomic E-state index is 15.2. The molecule has 0 spiro atoms. The smallest absolute Gasteiger partial charge is 0.248 e. The molecule has 118 heavy (non-hydrogen) atoms. The lowest BCUT2D eigenvalue weighted by molar-refractivity contribution is -0.149. The SMILES string of the molecule is CC(C)C1NC(=O)[C@H](Cc2ccccc2)NC(=O)CSC[C@@H](C(=O)NCC(N)=O)NC(=O)[C@@H]2CCCN2C(=O)[C@H](CO)NC(=O)[C@@H]2CCCN2C(=O)[C@H](C)N(C)C(=O)[C@H](Cc2ccc(-c3ccccc3)cc2)NC(=O)[C@H](C)N(C)C(=O)[C@H](Cc2ccc(-c3ccccc3)cc2)NC(=O)[C@H]([C@@H](C)O)NC(=O)[C@H]([C@@H](C)O)NC(=O)[C@H](CO)NC1=O. The molecular weight excluding hydrogens is 1540 g/mol. The zero-order chi connectivity index (χ0) is 86.2. The number of nitrogens with zero attached hydrogens (tertiary/aromatic N) is 4. The van der Waals surface area contributed by atoms with Crippen molar-refractivity contribution < 1.29 is 92.3 Å². The Labute approximate surface area is 688 Å². The molecule has 3 heterocycles. The van der Waals surface area contributed by atoms with Gasteiger partial charge in [0.1, 0.15) is 78.5 Å². The molecule has 0 aromatic heterocycles. The van der Waals surface area contributed by atoms with Crippen molar-refractivity contribution in [3.63, 3.8) is 0 Å². The summed E-state index contributed by atoms with van der Waals surface area (Å²) in [4.78, 5) is 220. The zero-order valence-electron chi connectivity index (χ0n) is 67.1. The number of thioether (sulfide) groups is 1. The van der Waals surface area contributed by atoms with Crippen LogP contribution in [0.3, 0.4) is 0 Å². The summed E-state index contributed by atoms with van der Waals surface area (Å²) >= 11 is 0.807. The average molecular weight is 1650 g/mol. The van der Waals surface area contributed by atoms with Gasteiger partial charge in [0.05, 0.1) is 37.7 Å². The van der Waals surface area contributed by atoms with E-state index in [9.17, 15) is 82.8 Å². The molecule has 3 aliphatic rings. The maximum atomic E-state index is 15.2. The zero-order valence-corrected chi connectivity index (χ0v) is 67.9. The molecule has 35 heteroatoms. The van der Waals surface area contributed by atoms with Gasteiger partial charge < -0.3 is 98.9 Å². The van der Waals surface area contributed by atoms with Crippen LogP contribution in [0.4, 0.5) is 0 Å². The molecule has 0 saturated carbocycles. The van der Waals surface area contributed by atoms with E-state index in [0.29, 0.717) is 16.7 Å². The largest absolute Gasteiger partial charge is 0.394 e. The van der Waals surface area contributed by atoms with Crippen LogP contribution in [0.5, 0.6) is 0 Å². The van der Waals surface area contributed by atoms with Gasteiger partial charge in [-0.05, 0) is 98.2 Å². The molecule has 3 fully saturated rings.